The summed E-state index contributed by atoms with van der Waals surface area (Å²) < 4.78 is 1.19. The summed E-state index contributed by atoms with van der Waals surface area (Å²) in [6.07, 6.45) is 1.04. The van der Waals surface area contributed by atoms with Crippen LogP contribution in [0.25, 0.3) is 0 Å². The molecule has 2 N–H and O–H groups in total. The van der Waals surface area contributed by atoms with Crippen molar-refractivity contribution >= 4 is 27.3 Å². The Bertz CT molecular complexity index is 526. The highest BCUT2D eigenvalue weighted by Gasteiger charge is 2.05. The van der Waals surface area contributed by atoms with Crippen molar-refractivity contribution in [3.63, 3.8) is 0 Å². The molecular weight excluding hydrogens is 322 g/mol. The maximum atomic E-state index is 9.15. The van der Waals surface area contributed by atoms with Crippen molar-refractivity contribution in [2.45, 2.75) is 26.0 Å². The van der Waals surface area contributed by atoms with Crippen LogP contribution in [0.2, 0.25) is 0 Å². The van der Waals surface area contributed by atoms with Crippen molar-refractivity contribution in [3.05, 3.63) is 56.2 Å². The second kappa shape index (κ2) is 7.20. The Morgan fingerprint density at radius 3 is 2.84 bits per heavy atom. The van der Waals surface area contributed by atoms with E-state index in [9.17, 15) is 0 Å². The molecule has 0 saturated carbocycles. The van der Waals surface area contributed by atoms with Crippen molar-refractivity contribution in [1.29, 1.82) is 0 Å². The molecule has 1 aromatic heterocycles. The van der Waals surface area contributed by atoms with Gasteiger partial charge in [-0.3, -0.25) is 0 Å². The molecule has 19 heavy (non-hydrogen) atoms. The SMILES string of the molecule is CC(NCCc1ccc(Br)s1)c1cccc(CO)c1. The Kier molecular flexibility index (Phi) is 5.58. The first-order valence-electron chi connectivity index (χ1n) is 6.36. The fourth-order valence-corrected chi connectivity index (χ4v) is 3.46. The van der Waals surface area contributed by atoms with Gasteiger partial charge in [0.15, 0.2) is 0 Å². The summed E-state index contributed by atoms with van der Waals surface area (Å²) in [7, 11) is 0. The van der Waals surface area contributed by atoms with E-state index in [1.807, 2.05) is 12.1 Å². The minimum atomic E-state index is 0.101. The zero-order chi connectivity index (χ0) is 13.7. The fraction of sp³-hybridized carbons (Fsp3) is 0.333. The van der Waals surface area contributed by atoms with Crippen molar-refractivity contribution in [1.82, 2.24) is 5.32 Å². The Morgan fingerprint density at radius 1 is 1.32 bits per heavy atom. The molecule has 0 aliphatic heterocycles. The zero-order valence-electron chi connectivity index (χ0n) is 10.9. The van der Waals surface area contributed by atoms with Crippen LogP contribution in [0, 0.1) is 0 Å². The van der Waals surface area contributed by atoms with Crippen LogP contribution in [0.5, 0.6) is 0 Å². The minimum Gasteiger partial charge on any atom is -0.392 e. The fourth-order valence-electron chi connectivity index (χ4n) is 1.98. The third-order valence-corrected chi connectivity index (χ3v) is 4.77. The molecule has 0 aliphatic rings. The van der Waals surface area contributed by atoms with Gasteiger partial charge in [-0.05, 0) is 52.5 Å². The lowest BCUT2D eigenvalue weighted by atomic mass is 10.1. The average Bonchev–Trinajstić information content (AvgIpc) is 2.84. The molecule has 0 bridgehead atoms. The lowest BCUT2D eigenvalue weighted by Gasteiger charge is -2.14. The van der Waals surface area contributed by atoms with Crippen molar-refractivity contribution in [3.8, 4) is 0 Å². The molecular formula is C15H18BrNOS. The van der Waals surface area contributed by atoms with Crippen molar-refractivity contribution in [2.75, 3.05) is 6.54 Å². The number of hydrogen-bond donors (Lipinski definition) is 2. The number of nitrogens with one attached hydrogen (secondary N) is 1. The predicted octanol–water partition coefficient (Wildman–Crippen LogP) is 3.90. The number of rotatable bonds is 6. The van der Waals surface area contributed by atoms with Crippen molar-refractivity contribution < 1.29 is 5.11 Å². The molecule has 0 radical (unpaired) electrons. The highest BCUT2D eigenvalue weighted by Crippen LogP contribution is 2.22. The van der Waals surface area contributed by atoms with Crippen LogP contribution >= 0.6 is 27.3 Å². The Morgan fingerprint density at radius 2 is 2.16 bits per heavy atom. The standard InChI is InChI=1S/C15H18BrNOS/c1-11(13-4-2-3-12(9-13)10-18)17-8-7-14-5-6-15(16)19-14/h2-6,9,11,17-18H,7-8,10H2,1H3. The largest absolute Gasteiger partial charge is 0.392 e. The van der Waals surface area contributed by atoms with Crippen LogP contribution in [-0.4, -0.2) is 11.7 Å². The van der Waals surface area contributed by atoms with Crippen LogP contribution in [0.1, 0.15) is 29.0 Å². The zero-order valence-corrected chi connectivity index (χ0v) is 13.3. The lowest BCUT2D eigenvalue weighted by Crippen LogP contribution is -2.21. The quantitative estimate of drug-likeness (QED) is 0.836. The van der Waals surface area contributed by atoms with Gasteiger partial charge in [0.2, 0.25) is 0 Å². The first-order chi connectivity index (χ1) is 9.19. The highest BCUT2D eigenvalue weighted by atomic mass is 79.9. The third-order valence-electron chi connectivity index (χ3n) is 3.08. The Hall–Kier alpha value is -0.680. The molecule has 0 aliphatic carbocycles. The van der Waals surface area contributed by atoms with Gasteiger partial charge in [0.1, 0.15) is 0 Å². The molecule has 0 saturated heterocycles. The molecule has 1 aromatic carbocycles. The summed E-state index contributed by atoms with van der Waals surface area (Å²) in [5.41, 5.74) is 2.19. The maximum absolute atomic E-state index is 9.15. The summed E-state index contributed by atoms with van der Waals surface area (Å²) in [6, 6.07) is 12.6. The average molecular weight is 340 g/mol. The lowest BCUT2D eigenvalue weighted by molar-refractivity contribution is 0.281. The van der Waals surface area contributed by atoms with Crippen LogP contribution in [0.4, 0.5) is 0 Å². The maximum Gasteiger partial charge on any atom is 0.0701 e. The van der Waals surface area contributed by atoms with E-state index < -0.39 is 0 Å². The molecule has 102 valence electrons. The van der Waals surface area contributed by atoms with Gasteiger partial charge in [-0.15, -0.1) is 11.3 Å². The van der Waals surface area contributed by atoms with Gasteiger partial charge < -0.3 is 10.4 Å². The molecule has 1 unspecified atom stereocenters. The molecule has 0 amide bonds. The molecule has 1 heterocycles. The van der Waals surface area contributed by atoms with E-state index >= 15 is 0 Å². The Balaban J connectivity index is 1.85. The van der Waals surface area contributed by atoms with Crippen LogP contribution in [0.3, 0.4) is 0 Å². The normalized spacial score (nSPS) is 12.6. The monoisotopic (exact) mass is 339 g/mol. The van der Waals surface area contributed by atoms with Gasteiger partial charge in [0, 0.05) is 17.5 Å². The van der Waals surface area contributed by atoms with E-state index in [1.165, 1.54) is 14.2 Å². The minimum absolute atomic E-state index is 0.101. The Labute approximate surface area is 126 Å². The number of thiophene rings is 1. The summed E-state index contributed by atoms with van der Waals surface area (Å²) in [4.78, 5) is 1.38. The molecule has 0 fully saturated rings. The van der Waals surface area contributed by atoms with E-state index in [4.69, 9.17) is 5.11 Å². The molecule has 2 aromatic rings. The number of aliphatic hydroxyl groups excluding tert-OH is 1. The van der Waals surface area contributed by atoms with E-state index in [1.54, 1.807) is 11.3 Å². The number of hydrogen-bond acceptors (Lipinski definition) is 3. The number of halogens is 1. The van der Waals surface area contributed by atoms with Crippen LogP contribution < -0.4 is 5.32 Å². The highest BCUT2D eigenvalue weighted by molar-refractivity contribution is 9.11. The molecule has 2 rings (SSSR count). The summed E-state index contributed by atoms with van der Waals surface area (Å²) in [6.45, 7) is 3.21. The van der Waals surface area contributed by atoms with E-state index in [0.717, 1.165) is 18.5 Å². The molecule has 1 atom stereocenters. The molecule has 2 nitrogen and oxygen atoms in total. The van der Waals surface area contributed by atoms with Gasteiger partial charge in [-0.1, -0.05) is 24.3 Å². The second-order valence-corrected chi connectivity index (χ2v) is 7.08. The van der Waals surface area contributed by atoms with Crippen LogP contribution in [0.15, 0.2) is 40.2 Å². The van der Waals surface area contributed by atoms with Gasteiger partial charge in [0.05, 0.1) is 10.4 Å². The summed E-state index contributed by atoms with van der Waals surface area (Å²) >= 11 is 5.26. The molecule has 4 heteroatoms. The van der Waals surface area contributed by atoms with Gasteiger partial charge in [-0.2, -0.15) is 0 Å². The van der Waals surface area contributed by atoms with Crippen molar-refractivity contribution in [2.24, 2.45) is 0 Å². The topological polar surface area (TPSA) is 32.3 Å². The predicted molar refractivity (Wildman–Crippen MR) is 84.5 cm³/mol. The first-order valence-corrected chi connectivity index (χ1v) is 7.97. The molecule has 0 spiro atoms. The smallest absolute Gasteiger partial charge is 0.0701 e. The summed E-state index contributed by atoms with van der Waals surface area (Å²) in [5.74, 6) is 0. The number of aliphatic hydroxyl groups is 1. The first kappa shape index (κ1) is 14.7. The van der Waals surface area contributed by atoms with Gasteiger partial charge in [-0.25, -0.2) is 0 Å². The van der Waals surface area contributed by atoms with Gasteiger partial charge in [0.25, 0.3) is 0 Å². The third kappa shape index (κ3) is 4.42. The summed E-state index contributed by atoms with van der Waals surface area (Å²) in [5, 5.41) is 12.7. The van der Waals surface area contributed by atoms with E-state index in [0.29, 0.717) is 6.04 Å². The van der Waals surface area contributed by atoms with Gasteiger partial charge >= 0.3 is 0 Å². The van der Waals surface area contributed by atoms with E-state index in [2.05, 4.69) is 52.4 Å². The number of benzene rings is 1. The van der Waals surface area contributed by atoms with Crippen LogP contribution in [-0.2, 0) is 13.0 Å². The van der Waals surface area contributed by atoms with E-state index in [-0.39, 0.29) is 6.61 Å². The second-order valence-electron chi connectivity index (χ2n) is 4.53.